The number of ether oxygens (including phenoxy) is 1. The summed E-state index contributed by atoms with van der Waals surface area (Å²) < 4.78 is 5.49. The molecule has 0 aromatic rings. The summed E-state index contributed by atoms with van der Waals surface area (Å²) in [5.74, 6) is -3.66. The fourth-order valence-electron chi connectivity index (χ4n) is 5.18. The van der Waals surface area contributed by atoms with E-state index < -0.39 is 70.7 Å². The third-order valence-corrected chi connectivity index (χ3v) is 7.33. The van der Waals surface area contributed by atoms with E-state index in [-0.39, 0.29) is 31.3 Å². The van der Waals surface area contributed by atoms with Crippen molar-refractivity contribution in [1.29, 1.82) is 0 Å². The number of Topliss-reactive ketones (excluding diaryl/α,β-unsaturated/α-hetero) is 1. The summed E-state index contributed by atoms with van der Waals surface area (Å²) >= 11 is 0. The Balaban J connectivity index is 3.34. The van der Waals surface area contributed by atoms with Crippen molar-refractivity contribution in [1.82, 2.24) is 26.2 Å². The molecule has 0 aromatic carbocycles. The Bertz CT molecular complexity index is 1160. The van der Waals surface area contributed by atoms with E-state index in [1.165, 1.54) is 11.0 Å². The second kappa shape index (κ2) is 17.3. The van der Waals surface area contributed by atoms with E-state index in [1.54, 1.807) is 55.4 Å². The molecule has 0 aromatic heterocycles. The Hall–Kier alpha value is -3.70. The Morgan fingerprint density at radius 2 is 1.59 bits per heavy atom. The van der Waals surface area contributed by atoms with Gasteiger partial charge in [-0.25, -0.2) is 9.59 Å². The summed E-state index contributed by atoms with van der Waals surface area (Å²) in [6.45, 7) is 23.7. The number of carbonyl (C=O) groups excluding carboxylic acids is 6. The maximum atomic E-state index is 14.2. The van der Waals surface area contributed by atoms with E-state index in [0.717, 1.165) is 5.57 Å². The first kappa shape index (κ1) is 40.3. The van der Waals surface area contributed by atoms with Gasteiger partial charge < -0.3 is 30.9 Å². The number of nitrogens with zero attached hydrogens (tertiary/aromatic N) is 1. The first-order chi connectivity index (χ1) is 21.1. The Labute approximate surface area is 274 Å². The lowest BCUT2D eigenvalue weighted by molar-refractivity contribution is -0.158. The second-order valence-electron chi connectivity index (χ2n) is 14.6. The van der Waals surface area contributed by atoms with Crippen LogP contribution in [0, 0.1) is 17.3 Å². The molecule has 12 heteroatoms. The van der Waals surface area contributed by atoms with Crippen LogP contribution in [0.25, 0.3) is 0 Å². The van der Waals surface area contributed by atoms with Crippen molar-refractivity contribution < 1.29 is 33.5 Å². The molecule has 1 rings (SSSR count). The van der Waals surface area contributed by atoms with Crippen LogP contribution in [0.15, 0.2) is 24.3 Å². The fourth-order valence-corrected chi connectivity index (χ4v) is 5.18. The van der Waals surface area contributed by atoms with Gasteiger partial charge in [0.2, 0.25) is 17.6 Å². The van der Waals surface area contributed by atoms with E-state index in [9.17, 15) is 28.8 Å². The monoisotopic (exact) mass is 647 g/mol. The van der Waals surface area contributed by atoms with Crippen LogP contribution in [-0.2, 0) is 28.7 Å². The standard InChI is InChI=1S/C34H57N5O7/c1-13-15-23(26(40)29(42)35-16-14-2)36-28(41)24-18-22(17-20(3)4)19-39(24)30(43)27(33(7,8)9)38-32(45)37-25(21(5)6)31(44)46-34(10,11)12/h14,17,21-25,27H,2,13,15-16,18-19H2,1,3-12H3,(H,35,42)(H,36,41)(H2,37,38,45)/t22-,23?,24+,25+,27-/m1/s1. The number of likely N-dealkylation sites (tertiary alicyclic amines) is 1. The number of esters is 1. The van der Waals surface area contributed by atoms with Gasteiger partial charge in [-0.15, -0.1) is 6.58 Å². The summed E-state index contributed by atoms with van der Waals surface area (Å²) in [5.41, 5.74) is -0.522. The number of urea groups is 1. The predicted molar refractivity (Wildman–Crippen MR) is 177 cm³/mol. The Morgan fingerprint density at radius 3 is 2.07 bits per heavy atom. The number of amides is 5. The molecule has 1 aliphatic rings. The molecule has 5 amide bonds. The van der Waals surface area contributed by atoms with Crippen LogP contribution in [0.5, 0.6) is 0 Å². The lowest BCUT2D eigenvalue weighted by Crippen LogP contribution is -2.61. The molecular weight excluding hydrogens is 590 g/mol. The number of carbonyl (C=O) groups is 6. The van der Waals surface area contributed by atoms with Crippen LogP contribution in [0.2, 0.25) is 0 Å². The highest BCUT2D eigenvalue weighted by Gasteiger charge is 2.45. The third-order valence-electron chi connectivity index (χ3n) is 7.33. The molecule has 0 aliphatic carbocycles. The van der Waals surface area contributed by atoms with E-state index in [4.69, 9.17) is 4.74 Å². The molecule has 1 saturated heterocycles. The number of rotatable bonds is 14. The average molecular weight is 648 g/mol. The minimum absolute atomic E-state index is 0.108. The maximum Gasteiger partial charge on any atom is 0.329 e. The lowest BCUT2D eigenvalue weighted by Gasteiger charge is -2.36. The molecule has 0 saturated carbocycles. The van der Waals surface area contributed by atoms with Gasteiger partial charge in [0.1, 0.15) is 23.7 Å². The zero-order valence-electron chi connectivity index (χ0n) is 29.7. The molecule has 5 atom stereocenters. The largest absolute Gasteiger partial charge is 0.458 e. The van der Waals surface area contributed by atoms with Gasteiger partial charge in [-0.1, -0.05) is 65.7 Å². The molecule has 12 nitrogen and oxygen atoms in total. The van der Waals surface area contributed by atoms with Gasteiger partial charge in [-0.3, -0.25) is 19.2 Å². The van der Waals surface area contributed by atoms with Crippen molar-refractivity contribution >= 4 is 35.5 Å². The minimum Gasteiger partial charge on any atom is -0.458 e. The Morgan fingerprint density at radius 1 is 0.978 bits per heavy atom. The SMILES string of the molecule is C=CCNC(=O)C(=O)C(CCC)NC(=O)[C@@H]1C[C@@H](C=C(C)C)CN1C(=O)[C@@H](NC(=O)N[C@H](C(=O)OC(C)(C)C)C(C)C)C(C)(C)C. The van der Waals surface area contributed by atoms with Crippen LogP contribution < -0.4 is 21.3 Å². The van der Waals surface area contributed by atoms with Gasteiger partial charge in [0.05, 0.1) is 6.04 Å². The third kappa shape index (κ3) is 12.6. The normalized spacial score (nSPS) is 18.5. The highest BCUT2D eigenvalue weighted by molar-refractivity contribution is 6.38. The second-order valence-corrected chi connectivity index (χ2v) is 14.6. The molecule has 0 bridgehead atoms. The molecule has 1 unspecified atom stereocenters. The van der Waals surface area contributed by atoms with E-state index >= 15 is 0 Å². The van der Waals surface area contributed by atoms with Crippen molar-refractivity contribution in [3.8, 4) is 0 Å². The van der Waals surface area contributed by atoms with Crippen LogP contribution >= 0.6 is 0 Å². The van der Waals surface area contributed by atoms with E-state index in [0.29, 0.717) is 12.8 Å². The van der Waals surface area contributed by atoms with Crippen LogP contribution in [0.3, 0.4) is 0 Å². The van der Waals surface area contributed by atoms with Gasteiger partial charge in [0.15, 0.2) is 0 Å². The predicted octanol–water partition coefficient (Wildman–Crippen LogP) is 3.41. The summed E-state index contributed by atoms with van der Waals surface area (Å²) in [5, 5.41) is 10.6. The smallest absolute Gasteiger partial charge is 0.329 e. The minimum atomic E-state index is -1.07. The van der Waals surface area contributed by atoms with Crippen molar-refractivity contribution in [2.45, 2.75) is 125 Å². The van der Waals surface area contributed by atoms with Crippen LogP contribution in [0.1, 0.15) is 95.4 Å². The highest BCUT2D eigenvalue weighted by atomic mass is 16.6. The number of nitrogens with one attached hydrogen (secondary N) is 4. The van der Waals surface area contributed by atoms with E-state index in [1.807, 2.05) is 26.8 Å². The molecule has 0 radical (unpaired) electrons. The van der Waals surface area contributed by atoms with Gasteiger partial charge in [0.25, 0.3) is 5.91 Å². The summed E-state index contributed by atoms with van der Waals surface area (Å²) in [6, 6.07) is -4.77. The van der Waals surface area contributed by atoms with Crippen molar-refractivity contribution in [3.63, 3.8) is 0 Å². The molecule has 260 valence electrons. The quantitative estimate of drug-likeness (QED) is 0.128. The summed E-state index contributed by atoms with van der Waals surface area (Å²) in [7, 11) is 0. The Kier molecular flexibility index (Phi) is 15.1. The molecular formula is C34H57N5O7. The van der Waals surface area contributed by atoms with Crippen LogP contribution in [0.4, 0.5) is 4.79 Å². The van der Waals surface area contributed by atoms with Gasteiger partial charge in [-0.05, 0) is 64.7 Å². The first-order valence-electron chi connectivity index (χ1n) is 16.1. The zero-order valence-corrected chi connectivity index (χ0v) is 29.7. The van der Waals surface area contributed by atoms with Crippen molar-refractivity contribution in [2.75, 3.05) is 13.1 Å². The van der Waals surface area contributed by atoms with Gasteiger partial charge in [-0.2, -0.15) is 0 Å². The average Bonchev–Trinajstić information content (AvgIpc) is 3.33. The molecule has 1 aliphatic heterocycles. The number of allylic oxidation sites excluding steroid dienone is 1. The van der Waals surface area contributed by atoms with Crippen molar-refractivity contribution in [3.05, 3.63) is 24.3 Å². The molecule has 1 fully saturated rings. The molecule has 1 heterocycles. The summed E-state index contributed by atoms with van der Waals surface area (Å²) in [4.78, 5) is 80.8. The number of hydrogen-bond acceptors (Lipinski definition) is 7. The topological polar surface area (TPSA) is 163 Å². The number of hydrogen-bond donors (Lipinski definition) is 4. The lowest BCUT2D eigenvalue weighted by atomic mass is 9.85. The van der Waals surface area contributed by atoms with Gasteiger partial charge >= 0.3 is 12.0 Å². The van der Waals surface area contributed by atoms with Crippen LogP contribution in [-0.4, -0.2) is 83.3 Å². The molecule has 0 spiro atoms. The maximum absolute atomic E-state index is 14.2. The summed E-state index contributed by atoms with van der Waals surface area (Å²) in [6.07, 6.45) is 4.52. The molecule has 46 heavy (non-hydrogen) atoms. The highest BCUT2D eigenvalue weighted by Crippen LogP contribution is 2.30. The van der Waals surface area contributed by atoms with E-state index in [2.05, 4.69) is 27.8 Å². The number of ketones is 1. The van der Waals surface area contributed by atoms with Crippen molar-refractivity contribution in [2.24, 2.45) is 17.3 Å². The van der Waals surface area contributed by atoms with Gasteiger partial charge in [0, 0.05) is 13.1 Å². The molecule has 4 N–H and O–H groups in total. The first-order valence-corrected chi connectivity index (χ1v) is 16.1. The zero-order chi connectivity index (χ0) is 35.6. The fraction of sp³-hybridized carbons (Fsp3) is 0.706.